The van der Waals surface area contributed by atoms with E-state index in [0.29, 0.717) is 6.07 Å². The number of alkyl halides is 6. The van der Waals surface area contributed by atoms with Crippen molar-refractivity contribution in [1.29, 1.82) is 0 Å². The van der Waals surface area contributed by atoms with Crippen LogP contribution in [-0.2, 0) is 16.2 Å². The molecule has 0 unspecified atom stereocenters. The first-order valence-electron chi connectivity index (χ1n) is 7.69. The van der Waals surface area contributed by atoms with Crippen LogP contribution in [0.1, 0.15) is 11.4 Å². The van der Waals surface area contributed by atoms with E-state index in [1.807, 2.05) is 0 Å². The number of urea groups is 1. The topological polar surface area (TPSA) is 132 Å². The molecule has 0 atom stereocenters. The molecule has 0 fully saturated rings. The van der Waals surface area contributed by atoms with Crippen molar-refractivity contribution >= 4 is 22.0 Å². The van der Waals surface area contributed by atoms with Crippen molar-refractivity contribution in [2.75, 3.05) is 12.4 Å². The summed E-state index contributed by atoms with van der Waals surface area (Å²) in [6.45, 7) is 1.13. The molecule has 0 aliphatic rings. The Hall–Kier alpha value is -3.37. The SMILES string of the molecule is COc1nc(NC(=O)NS(=O)(=O)c2c(C)cccc2OC(F)(F)F)nc(C(F)(F)F)n1. The lowest BCUT2D eigenvalue weighted by molar-refractivity contribution is -0.275. The number of nitrogens with zero attached hydrogens (tertiary/aromatic N) is 3. The third kappa shape index (κ3) is 6.30. The first-order chi connectivity index (χ1) is 14.1. The van der Waals surface area contributed by atoms with Gasteiger partial charge in [-0.2, -0.15) is 28.1 Å². The number of rotatable bonds is 5. The number of aromatic nitrogens is 3. The van der Waals surface area contributed by atoms with E-state index in [0.717, 1.165) is 26.2 Å². The predicted molar refractivity (Wildman–Crippen MR) is 88.6 cm³/mol. The van der Waals surface area contributed by atoms with Gasteiger partial charge in [0.25, 0.3) is 10.0 Å². The molecule has 170 valence electrons. The van der Waals surface area contributed by atoms with Gasteiger partial charge in [-0.1, -0.05) is 12.1 Å². The van der Waals surface area contributed by atoms with Gasteiger partial charge in [0.1, 0.15) is 10.6 Å². The summed E-state index contributed by atoms with van der Waals surface area (Å²) in [6, 6.07) is 0.370. The highest BCUT2D eigenvalue weighted by Crippen LogP contribution is 2.32. The smallest absolute Gasteiger partial charge is 0.467 e. The maximum atomic E-state index is 12.8. The summed E-state index contributed by atoms with van der Waals surface area (Å²) in [7, 11) is -4.06. The number of hydrogen-bond donors (Lipinski definition) is 2. The minimum atomic E-state index is -5.24. The van der Waals surface area contributed by atoms with Crippen LogP contribution in [0.5, 0.6) is 11.8 Å². The number of halogens is 6. The average molecular weight is 475 g/mol. The number of benzene rings is 1. The molecule has 1 heterocycles. The molecule has 0 bridgehead atoms. The molecule has 31 heavy (non-hydrogen) atoms. The van der Waals surface area contributed by atoms with E-state index in [-0.39, 0.29) is 5.56 Å². The van der Waals surface area contributed by atoms with Crippen molar-refractivity contribution in [3.63, 3.8) is 0 Å². The Bertz CT molecular complexity index is 1090. The Balaban J connectivity index is 2.33. The predicted octanol–water partition coefficient (Wildman–Crippen LogP) is 2.62. The van der Waals surface area contributed by atoms with E-state index in [2.05, 4.69) is 24.4 Å². The lowest BCUT2D eigenvalue weighted by Crippen LogP contribution is -2.36. The number of carbonyl (C=O) groups excluding carboxylic acids is 1. The van der Waals surface area contributed by atoms with Crippen molar-refractivity contribution < 1.29 is 49.0 Å². The van der Waals surface area contributed by atoms with Crippen molar-refractivity contribution in [2.24, 2.45) is 0 Å². The van der Waals surface area contributed by atoms with Gasteiger partial charge in [-0.25, -0.2) is 17.9 Å². The standard InChI is InChI=1S/C14H11F6N5O5S/c1-6-4-3-5-7(30-14(18,19)20)8(6)31(27,28)25-11(26)23-10-21-9(13(15,16)17)22-12(24-10)29-2/h3-5H,1-2H3,(H2,21,22,23,24,25,26). The van der Waals surface area contributed by atoms with Gasteiger partial charge in [0, 0.05) is 0 Å². The molecule has 2 rings (SSSR count). The number of ether oxygens (including phenoxy) is 2. The average Bonchev–Trinajstić information content (AvgIpc) is 2.58. The van der Waals surface area contributed by atoms with Crippen molar-refractivity contribution in [3.05, 3.63) is 29.6 Å². The van der Waals surface area contributed by atoms with Crippen LogP contribution in [0.4, 0.5) is 37.1 Å². The van der Waals surface area contributed by atoms with Crippen LogP contribution in [-0.4, -0.2) is 42.9 Å². The summed E-state index contributed by atoms with van der Waals surface area (Å²) in [5.74, 6) is -3.92. The Labute approximate surface area is 169 Å². The molecular formula is C14H11F6N5O5S. The largest absolute Gasteiger partial charge is 0.573 e. The second-order valence-electron chi connectivity index (χ2n) is 5.48. The first-order valence-corrected chi connectivity index (χ1v) is 9.17. The van der Waals surface area contributed by atoms with Crippen molar-refractivity contribution in [3.8, 4) is 11.8 Å². The fourth-order valence-corrected chi connectivity index (χ4v) is 3.37. The Morgan fingerprint density at radius 3 is 2.26 bits per heavy atom. The molecule has 1 aromatic carbocycles. The summed E-state index contributed by atoms with van der Waals surface area (Å²) < 4.78 is 110. The number of aryl methyl sites for hydroxylation is 1. The fourth-order valence-electron chi connectivity index (χ4n) is 2.11. The second kappa shape index (κ2) is 8.40. The third-order valence-corrected chi connectivity index (χ3v) is 4.69. The summed E-state index contributed by atoms with van der Waals surface area (Å²) in [6.07, 6.45) is -10.3. The molecule has 10 nitrogen and oxygen atoms in total. The van der Waals surface area contributed by atoms with Gasteiger partial charge < -0.3 is 9.47 Å². The lowest BCUT2D eigenvalue weighted by Gasteiger charge is -2.16. The van der Waals surface area contributed by atoms with Crippen LogP contribution >= 0.6 is 0 Å². The molecule has 1 aromatic heterocycles. The molecule has 2 N–H and O–H groups in total. The van der Waals surface area contributed by atoms with Gasteiger partial charge in [0.15, 0.2) is 0 Å². The summed E-state index contributed by atoms with van der Waals surface area (Å²) in [5, 5.41) is 1.61. The van der Waals surface area contributed by atoms with Crippen LogP contribution in [0.15, 0.2) is 23.1 Å². The molecule has 17 heteroatoms. The third-order valence-electron chi connectivity index (χ3n) is 3.17. The molecule has 0 saturated carbocycles. The Kier molecular flexibility index (Phi) is 6.48. The number of anilines is 1. The highest BCUT2D eigenvalue weighted by molar-refractivity contribution is 7.90. The number of nitrogens with one attached hydrogen (secondary N) is 2. The number of hydrogen-bond acceptors (Lipinski definition) is 8. The van der Waals surface area contributed by atoms with E-state index in [9.17, 15) is 39.6 Å². The Morgan fingerprint density at radius 2 is 1.71 bits per heavy atom. The van der Waals surface area contributed by atoms with Crippen molar-refractivity contribution in [1.82, 2.24) is 19.7 Å². The van der Waals surface area contributed by atoms with Crippen molar-refractivity contribution in [2.45, 2.75) is 24.4 Å². The summed E-state index contributed by atoms with van der Waals surface area (Å²) in [4.78, 5) is 20.1. The van der Waals surface area contributed by atoms with Gasteiger partial charge >= 0.3 is 24.6 Å². The first kappa shape index (κ1) is 23.9. The summed E-state index contributed by atoms with van der Waals surface area (Å²) in [5.41, 5.74) is -0.219. The highest BCUT2D eigenvalue weighted by atomic mass is 32.2. The lowest BCUT2D eigenvalue weighted by atomic mass is 10.2. The van der Waals surface area contributed by atoms with Gasteiger partial charge in [-0.15, -0.1) is 13.2 Å². The van der Waals surface area contributed by atoms with Gasteiger partial charge in [0.2, 0.25) is 11.8 Å². The monoisotopic (exact) mass is 475 g/mol. The molecule has 0 radical (unpaired) electrons. The van der Waals surface area contributed by atoms with Crippen LogP contribution in [0.25, 0.3) is 0 Å². The molecule has 0 saturated heterocycles. The highest BCUT2D eigenvalue weighted by Gasteiger charge is 2.37. The number of carbonyl (C=O) groups is 1. The van der Waals surface area contributed by atoms with E-state index in [1.54, 1.807) is 5.32 Å². The van der Waals surface area contributed by atoms with Crippen LogP contribution < -0.4 is 19.5 Å². The van der Waals surface area contributed by atoms with Crippen LogP contribution in [0, 0.1) is 6.92 Å². The summed E-state index contributed by atoms with van der Waals surface area (Å²) >= 11 is 0. The molecular weight excluding hydrogens is 464 g/mol. The Morgan fingerprint density at radius 1 is 1.06 bits per heavy atom. The second-order valence-corrected chi connectivity index (χ2v) is 7.10. The quantitative estimate of drug-likeness (QED) is 0.631. The normalized spacial score (nSPS) is 12.3. The van der Waals surface area contributed by atoms with E-state index >= 15 is 0 Å². The fraction of sp³-hybridized carbons (Fsp3) is 0.286. The maximum absolute atomic E-state index is 12.8. The zero-order chi connectivity index (χ0) is 23.6. The number of methoxy groups -OCH3 is 1. The molecule has 2 amide bonds. The van der Waals surface area contributed by atoms with Gasteiger partial charge in [-0.05, 0) is 18.6 Å². The zero-order valence-corrected chi connectivity index (χ0v) is 16.1. The molecule has 2 aromatic rings. The van der Waals surface area contributed by atoms with E-state index < -0.39 is 57.0 Å². The van der Waals surface area contributed by atoms with Crippen LogP contribution in [0.2, 0.25) is 0 Å². The number of sulfonamides is 1. The minimum absolute atomic E-state index is 0.219. The minimum Gasteiger partial charge on any atom is -0.467 e. The van der Waals surface area contributed by atoms with Gasteiger partial charge in [-0.3, -0.25) is 5.32 Å². The van der Waals surface area contributed by atoms with E-state index in [1.165, 1.54) is 4.72 Å². The number of amides is 2. The molecule has 0 aliphatic heterocycles. The van der Waals surface area contributed by atoms with Crippen LogP contribution in [0.3, 0.4) is 0 Å². The molecule has 0 aliphatic carbocycles. The van der Waals surface area contributed by atoms with Gasteiger partial charge in [0.05, 0.1) is 7.11 Å². The van der Waals surface area contributed by atoms with E-state index in [4.69, 9.17) is 0 Å². The maximum Gasteiger partial charge on any atom is 0.573 e. The zero-order valence-electron chi connectivity index (χ0n) is 15.3. The molecule has 0 spiro atoms.